The summed E-state index contributed by atoms with van der Waals surface area (Å²) in [7, 11) is 0. The number of nitrogens with one attached hydrogen (secondary N) is 1. The maximum Gasteiger partial charge on any atom is 0.255 e. The Morgan fingerprint density at radius 2 is 0.838 bits per heavy atom. The lowest BCUT2D eigenvalue weighted by Gasteiger charge is -2.09. The number of unbranched alkanes of at least 4 members (excludes halogenated alkanes) is 23. The minimum Gasteiger partial charge on any atom is -0.369 e. The Bertz CT molecular complexity index is 685. The monoisotopic (exact) mass is 517 g/mol. The van der Waals surface area contributed by atoms with Gasteiger partial charge in [-0.05, 0) is 25.7 Å². The first-order valence-electron chi connectivity index (χ1n) is 16.6. The number of nitrogen functional groups attached to an aromatic ring is 1. The van der Waals surface area contributed by atoms with Crippen LogP contribution in [0.1, 0.15) is 186 Å². The SMILES string of the molecule is CCCCCCCCCCCCCCCc1nc(N)[nH]c(=O)c1CCCCCCCCCCCCCC. The van der Waals surface area contributed by atoms with Crippen molar-refractivity contribution in [2.75, 3.05) is 5.73 Å². The number of nitrogens with two attached hydrogens (primary N) is 1. The highest BCUT2D eigenvalue weighted by Gasteiger charge is 2.10. The summed E-state index contributed by atoms with van der Waals surface area (Å²) >= 11 is 0. The second-order valence-corrected chi connectivity index (χ2v) is 11.5. The fourth-order valence-corrected chi connectivity index (χ4v) is 5.48. The average Bonchev–Trinajstić information content (AvgIpc) is 2.88. The second-order valence-electron chi connectivity index (χ2n) is 11.5. The van der Waals surface area contributed by atoms with Crippen LogP contribution in [0.3, 0.4) is 0 Å². The molecule has 4 heteroatoms. The van der Waals surface area contributed by atoms with Crippen molar-refractivity contribution in [3.8, 4) is 0 Å². The van der Waals surface area contributed by atoms with Crippen molar-refractivity contribution in [2.24, 2.45) is 0 Å². The topological polar surface area (TPSA) is 71.8 Å². The van der Waals surface area contributed by atoms with Gasteiger partial charge in [-0.15, -0.1) is 0 Å². The van der Waals surface area contributed by atoms with E-state index in [9.17, 15) is 4.79 Å². The highest BCUT2D eigenvalue weighted by Crippen LogP contribution is 2.16. The lowest BCUT2D eigenvalue weighted by molar-refractivity contribution is 0.537. The van der Waals surface area contributed by atoms with E-state index in [-0.39, 0.29) is 11.5 Å². The molecule has 1 aromatic heterocycles. The standard InChI is InChI=1S/C33H63N3O/c1-3-5-7-9-11-13-15-17-19-21-23-25-27-29-31-30(32(37)36-33(34)35-31)28-26-24-22-20-18-16-14-12-10-8-6-4-2/h3-29H2,1-2H3,(H3,34,35,36,37). The summed E-state index contributed by atoms with van der Waals surface area (Å²) < 4.78 is 0. The smallest absolute Gasteiger partial charge is 0.255 e. The molecule has 0 saturated heterocycles. The molecule has 4 nitrogen and oxygen atoms in total. The van der Waals surface area contributed by atoms with Crippen molar-refractivity contribution < 1.29 is 0 Å². The van der Waals surface area contributed by atoms with E-state index in [1.54, 1.807) is 0 Å². The molecule has 0 aromatic carbocycles. The predicted octanol–water partition coefficient (Wildman–Crippen LogP) is 10.2. The Hall–Kier alpha value is -1.32. The molecule has 0 unspecified atom stereocenters. The molecular weight excluding hydrogens is 454 g/mol. The third kappa shape index (κ3) is 19.4. The predicted molar refractivity (Wildman–Crippen MR) is 163 cm³/mol. The summed E-state index contributed by atoms with van der Waals surface area (Å²) in [6.07, 6.45) is 35.3. The molecule has 0 aliphatic heterocycles. The van der Waals surface area contributed by atoms with Crippen LogP contribution in [0, 0.1) is 0 Å². The van der Waals surface area contributed by atoms with Crippen LogP contribution in [-0.4, -0.2) is 9.97 Å². The van der Waals surface area contributed by atoms with E-state index < -0.39 is 0 Å². The number of hydrogen-bond donors (Lipinski definition) is 2. The number of H-pyrrole nitrogens is 1. The zero-order valence-electron chi connectivity index (χ0n) is 25.0. The minimum absolute atomic E-state index is 0.0136. The van der Waals surface area contributed by atoms with Gasteiger partial charge in [0.15, 0.2) is 0 Å². The molecule has 0 spiro atoms. The number of aryl methyl sites for hydroxylation is 1. The summed E-state index contributed by atoms with van der Waals surface area (Å²) in [6.45, 7) is 4.56. The molecule has 0 fully saturated rings. The van der Waals surface area contributed by atoms with E-state index in [0.29, 0.717) is 0 Å². The van der Waals surface area contributed by atoms with Crippen molar-refractivity contribution >= 4 is 5.95 Å². The number of rotatable bonds is 27. The van der Waals surface area contributed by atoms with Gasteiger partial charge >= 0.3 is 0 Å². The van der Waals surface area contributed by atoms with E-state index in [0.717, 1.165) is 36.9 Å². The molecule has 1 aromatic rings. The van der Waals surface area contributed by atoms with Gasteiger partial charge in [-0.3, -0.25) is 9.78 Å². The molecule has 1 rings (SSSR count). The molecule has 0 saturated carbocycles. The van der Waals surface area contributed by atoms with Crippen LogP contribution in [-0.2, 0) is 12.8 Å². The first kappa shape index (κ1) is 33.7. The second kappa shape index (κ2) is 25.0. The van der Waals surface area contributed by atoms with Crippen molar-refractivity contribution in [1.29, 1.82) is 0 Å². The van der Waals surface area contributed by atoms with Gasteiger partial charge in [0.2, 0.25) is 5.95 Å². The van der Waals surface area contributed by atoms with Gasteiger partial charge in [0.25, 0.3) is 5.56 Å². The van der Waals surface area contributed by atoms with Gasteiger partial charge in [-0.2, -0.15) is 0 Å². The van der Waals surface area contributed by atoms with Crippen molar-refractivity contribution in [3.05, 3.63) is 21.6 Å². The summed E-state index contributed by atoms with van der Waals surface area (Å²) in [4.78, 5) is 19.8. The first-order valence-corrected chi connectivity index (χ1v) is 16.6. The minimum atomic E-state index is -0.0136. The van der Waals surface area contributed by atoms with Crippen LogP contribution < -0.4 is 11.3 Å². The van der Waals surface area contributed by atoms with Crippen LogP contribution >= 0.6 is 0 Å². The van der Waals surface area contributed by atoms with Crippen LogP contribution in [0.25, 0.3) is 0 Å². The number of nitrogens with zero attached hydrogens (tertiary/aromatic N) is 1. The molecule has 0 aliphatic carbocycles. The lowest BCUT2D eigenvalue weighted by Crippen LogP contribution is -2.20. The third-order valence-electron chi connectivity index (χ3n) is 7.92. The Morgan fingerprint density at radius 1 is 0.514 bits per heavy atom. The molecule has 0 atom stereocenters. The zero-order chi connectivity index (χ0) is 26.8. The zero-order valence-corrected chi connectivity index (χ0v) is 25.0. The quantitative estimate of drug-likeness (QED) is 0.114. The molecule has 0 bridgehead atoms. The maximum absolute atomic E-state index is 12.6. The van der Waals surface area contributed by atoms with E-state index in [2.05, 4.69) is 23.8 Å². The summed E-state index contributed by atoms with van der Waals surface area (Å²) in [5.74, 6) is 0.271. The number of anilines is 1. The highest BCUT2D eigenvalue weighted by atomic mass is 16.1. The lowest BCUT2D eigenvalue weighted by atomic mass is 10.0. The molecule has 1 heterocycles. The van der Waals surface area contributed by atoms with E-state index in [1.165, 1.54) is 148 Å². The van der Waals surface area contributed by atoms with Crippen LogP contribution in [0.2, 0.25) is 0 Å². The van der Waals surface area contributed by atoms with Gasteiger partial charge in [0.1, 0.15) is 0 Å². The third-order valence-corrected chi connectivity index (χ3v) is 7.92. The normalized spacial score (nSPS) is 11.4. The number of aromatic nitrogens is 2. The molecular formula is C33H63N3O. The van der Waals surface area contributed by atoms with Crippen molar-refractivity contribution in [2.45, 2.75) is 187 Å². The van der Waals surface area contributed by atoms with Gasteiger partial charge in [0.05, 0.1) is 5.69 Å². The van der Waals surface area contributed by atoms with Crippen LogP contribution in [0.15, 0.2) is 4.79 Å². The maximum atomic E-state index is 12.6. The molecule has 216 valence electrons. The number of hydrogen-bond acceptors (Lipinski definition) is 3. The molecule has 0 amide bonds. The van der Waals surface area contributed by atoms with E-state index in [1.807, 2.05) is 0 Å². The first-order chi connectivity index (χ1) is 18.2. The molecule has 3 N–H and O–H groups in total. The average molecular weight is 518 g/mol. The largest absolute Gasteiger partial charge is 0.369 e. The van der Waals surface area contributed by atoms with Gasteiger partial charge in [0, 0.05) is 5.56 Å². The van der Waals surface area contributed by atoms with Crippen molar-refractivity contribution in [3.63, 3.8) is 0 Å². The fraction of sp³-hybridized carbons (Fsp3) is 0.879. The van der Waals surface area contributed by atoms with Gasteiger partial charge in [-0.25, -0.2) is 4.98 Å². The van der Waals surface area contributed by atoms with Crippen LogP contribution in [0.5, 0.6) is 0 Å². The van der Waals surface area contributed by atoms with E-state index in [4.69, 9.17) is 5.73 Å². The van der Waals surface area contributed by atoms with Crippen LogP contribution in [0.4, 0.5) is 5.95 Å². The Kier molecular flexibility index (Phi) is 22.8. The molecule has 37 heavy (non-hydrogen) atoms. The summed E-state index contributed by atoms with van der Waals surface area (Å²) in [5.41, 5.74) is 7.70. The fourth-order valence-electron chi connectivity index (χ4n) is 5.48. The van der Waals surface area contributed by atoms with Crippen molar-refractivity contribution in [1.82, 2.24) is 9.97 Å². The Labute approximate surface area is 230 Å². The molecule has 0 aliphatic rings. The van der Waals surface area contributed by atoms with Gasteiger partial charge in [-0.1, -0.05) is 162 Å². The summed E-state index contributed by atoms with van der Waals surface area (Å²) in [5, 5.41) is 0. The Balaban J connectivity index is 2.11. The Morgan fingerprint density at radius 3 is 1.22 bits per heavy atom. The van der Waals surface area contributed by atoms with Gasteiger partial charge < -0.3 is 5.73 Å². The summed E-state index contributed by atoms with van der Waals surface area (Å²) in [6, 6.07) is 0. The molecule has 0 radical (unpaired) electrons. The number of aromatic amines is 1. The van der Waals surface area contributed by atoms with E-state index >= 15 is 0 Å². The highest BCUT2D eigenvalue weighted by molar-refractivity contribution is 5.25.